The van der Waals surface area contributed by atoms with Gasteiger partial charge in [-0.25, -0.2) is 0 Å². The van der Waals surface area contributed by atoms with Gasteiger partial charge in [-0.3, -0.25) is 9.58 Å². The van der Waals surface area contributed by atoms with Crippen LogP contribution in [0.5, 0.6) is 0 Å². The summed E-state index contributed by atoms with van der Waals surface area (Å²) in [5.74, 6) is 0. The predicted octanol–water partition coefficient (Wildman–Crippen LogP) is 3.04. The van der Waals surface area contributed by atoms with Crippen molar-refractivity contribution in [2.24, 2.45) is 0 Å². The molecule has 5 heteroatoms. The molecule has 0 amide bonds. The molecule has 1 N–H and O–H groups in total. The first-order chi connectivity index (χ1) is 10.6. The van der Waals surface area contributed by atoms with Gasteiger partial charge in [-0.1, -0.05) is 23.7 Å². The second-order valence-corrected chi connectivity index (χ2v) is 6.41. The zero-order chi connectivity index (χ0) is 15.6. The van der Waals surface area contributed by atoms with E-state index < -0.39 is 5.60 Å². The van der Waals surface area contributed by atoms with Gasteiger partial charge in [-0.2, -0.15) is 5.10 Å². The van der Waals surface area contributed by atoms with Crippen LogP contribution in [0.2, 0.25) is 5.02 Å². The lowest BCUT2D eigenvalue weighted by molar-refractivity contribution is -0.0280. The fourth-order valence-electron chi connectivity index (χ4n) is 3.02. The molecule has 0 spiro atoms. The summed E-state index contributed by atoms with van der Waals surface area (Å²) < 4.78 is 1.95. The standard InChI is InChI=1S/C17H22ClN3O/c1-2-21-10-7-16(19-21)13-20-11-8-17(22,9-12-20)14-3-5-15(18)6-4-14/h3-7,10,22H,2,8-9,11-13H2,1H3. The maximum absolute atomic E-state index is 10.9. The average Bonchev–Trinajstić information content (AvgIpc) is 2.98. The fourth-order valence-corrected chi connectivity index (χ4v) is 3.15. The Bertz CT molecular complexity index is 615. The van der Waals surface area contributed by atoms with Gasteiger partial charge in [0.25, 0.3) is 0 Å². The van der Waals surface area contributed by atoms with Gasteiger partial charge in [0.1, 0.15) is 0 Å². The molecular weight excluding hydrogens is 298 g/mol. The Hall–Kier alpha value is -1.36. The highest BCUT2D eigenvalue weighted by molar-refractivity contribution is 6.30. The van der Waals surface area contributed by atoms with Crippen LogP contribution in [0.4, 0.5) is 0 Å². The molecule has 0 saturated carbocycles. The molecule has 0 radical (unpaired) electrons. The minimum absolute atomic E-state index is 0.705. The van der Waals surface area contributed by atoms with Gasteiger partial charge >= 0.3 is 0 Å². The van der Waals surface area contributed by atoms with Crippen LogP contribution in [-0.2, 0) is 18.7 Å². The van der Waals surface area contributed by atoms with E-state index in [1.54, 1.807) is 0 Å². The number of aromatic nitrogens is 2. The molecule has 1 aromatic heterocycles. The Morgan fingerprint density at radius 2 is 1.86 bits per heavy atom. The lowest BCUT2D eigenvalue weighted by Crippen LogP contribution is -2.42. The lowest BCUT2D eigenvalue weighted by Gasteiger charge is -2.38. The van der Waals surface area contributed by atoms with Crippen molar-refractivity contribution in [3.8, 4) is 0 Å². The summed E-state index contributed by atoms with van der Waals surface area (Å²) in [6.45, 7) is 5.58. The van der Waals surface area contributed by atoms with Gasteiger partial charge < -0.3 is 5.11 Å². The van der Waals surface area contributed by atoms with Crippen LogP contribution in [0.1, 0.15) is 31.0 Å². The van der Waals surface area contributed by atoms with Crippen LogP contribution in [0.15, 0.2) is 36.5 Å². The Morgan fingerprint density at radius 3 is 2.45 bits per heavy atom. The third-order valence-corrected chi connectivity index (χ3v) is 4.72. The number of piperidine rings is 1. The lowest BCUT2D eigenvalue weighted by atomic mass is 9.84. The molecular formula is C17H22ClN3O. The zero-order valence-corrected chi connectivity index (χ0v) is 13.6. The number of likely N-dealkylation sites (tertiary alicyclic amines) is 1. The van der Waals surface area contributed by atoms with Gasteiger partial charge in [0.2, 0.25) is 0 Å². The Balaban J connectivity index is 1.60. The molecule has 1 saturated heterocycles. The molecule has 1 fully saturated rings. The second kappa shape index (κ2) is 6.41. The van der Waals surface area contributed by atoms with Crippen molar-refractivity contribution in [3.05, 3.63) is 52.8 Å². The molecule has 0 aliphatic carbocycles. The molecule has 0 bridgehead atoms. The summed E-state index contributed by atoms with van der Waals surface area (Å²) in [4.78, 5) is 2.35. The third-order valence-electron chi connectivity index (χ3n) is 4.47. The monoisotopic (exact) mass is 319 g/mol. The molecule has 0 unspecified atom stereocenters. The van der Waals surface area contributed by atoms with E-state index in [-0.39, 0.29) is 0 Å². The van der Waals surface area contributed by atoms with Crippen molar-refractivity contribution in [2.75, 3.05) is 13.1 Å². The first-order valence-electron chi connectivity index (χ1n) is 7.82. The maximum atomic E-state index is 10.9. The maximum Gasteiger partial charge on any atom is 0.0920 e. The molecule has 2 heterocycles. The van der Waals surface area contributed by atoms with E-state index in [0.29, 0.717) is 5.02 Å². The van der Waals surface area contributed by atoms with Crippen LogP contribution in [-0.4, -0.2) is 32.9 Å². The number of hydrogen-bond donors (Lipinski definition) is 1. The average molecular weight is 320 g/mol. The minimum Gasteiger partial charge on any atom is -0.385 e. The smallest absolute Gasteiger partial charge is 0.0920 e. The van der Waals surface area contributed by atoms with E-state index in [1.807, 2.05) is 35.1 Å². The van der Waals surface area contributed by atoms with Crippen molar-refractivity contribution in [3.63, 3.8) is 0 Å². The molecule has 118 valence electrons. The largest absolute Gasteiger partial charge is 0.385 e. The van der Waals surface area contributed by atoms with Gasteiger partial charge in [0.05, 0.1) is 11.3 Å². The van der Waals surface area contributed by atoms with E-state index in [9.17, 15) is 5.11 Å². The third kappa shape index (κ3) is 3.35. The minimum atomic E-state index is -0.732. The van der Waals surface area contributed by atoms with Crippen LogP contribution in [0.3, 0.4) is 0 Å². The number of halogens is 1. The highest BCUT2D eigenvalue weighted by Gasteiger charge is 2.33. The quantitative estimate of drug-likeness (QED) is 0.941. The summed E-state index contributed by atoms with van der Waals surface area (Å²) in [6.07, 6.45) is 3.50. The SMILES string of the molecule is CCn1ccc(CN2CCC(O)(c3ccc(Cl)cc3)CC2)n1. The Morgan fingerprint density at radius 1 is 1.18 bits per heavy atom. The zero-order valence-electron chi connectivity index (χ0n) is 12.9. The van der Waals surface area contributed by atoms with E-state index >= 15 is 0 Å². The molecule has 2 aromatic rings. The van der Waals surface area contributed by atoms with Crippen molar-refractivity contribution in [1.29, 1.82) is 0 Å². The predicted molar refractivity (Wildman–Crippen MR) is 87.8 cm³/mol. The Kier molecular flexibility index (Phi) is 4.52. The summed E-state index contributed by atoms with van der Waals surface area (Å²) in [7, 11) is 0. The van der Waals surface area contributed by atoms with Crippen molar-refractivity contribution < 1.29 is 5.11 Å². The highest BCUT2D eigenvalue weighted by Crippen LogP contribution is 2.33. The highest BCUT2D eigenvalue weighted by atomic mass is 35.5. The first-order valence-corrected chi connectivity index (χ1v) is 8.20. The van der Waals surface area contributed by atoms with Gasteiger partial charge in [-0.15, -0.1) is 0 Å². The molecule has 0 atom stereocenters. The van der Waals surface area contributed by atoms with E-state index in [0.717, 1.165) is 50.3 Å². The summed E-state index contributed by atoms with van der Waals surface area (Å²) in [5.41, 5.74) is 1.33. The number of benzene rings is 1. The number of rotatable bonds is 4. The van der Waals surface area contributed by atoms with Crippen LogP contribution in [0, 0.1) is 0 Å². The van der Waals surface area contributed by atoms with Gasteiger partial charge in [0.15, 0.2) is 0 Å². The first kappa shape index (κ1) is 15.5. The molecule has 4 nitrogen and oxygen atoms in total. The summed E-state index contributed by atoms with van der Waals surface area (Å²) >= 11 is 5.92. The number of aliphatic hydroxyl groups is 1. The molecule has 22 heavy (non-hydrogen) atoms. The van der Waals surface area contributed by atoms with E-state index in [4.69, 9.17) is 11.6 Å². The number of hydrogen-bond acceptors (Lipinski definition) is 3. The Labute approximate surface area is 136 Å². The molecule has 3 rings (SSSR count). The molecule has 1 aliphatic heterocycles. The normalized spacial score (nSPS) is 18.5. The van der Waals surface area contributed by atoms with Crippen molar-refractivity contribution in [2.45, 2.75) is 38.5 Å². The van der Waals surface area contributed by atoms with Crippen LogP contribution in [0.25, 0.3) is 0 Å². The fraction of sp³-hybridized carbons (Fsp3) is 0.471. The molecule has 1 aliphatic rings. The number of nitrogens with zero attached hydrogens (tertiary/aromatic N) is 3. The number of aryl methyl sites for hydroxylation is 1. The summed E-state index contributed by atoms with van der Waals surface area (Å²) in [6, 6.07) is 9.63. The van der Waals surface area contributed by atoms with Crippen LogP contribution >= 0.6 is 11.6 Å². The van der Waals surface area contributed by atoms with Gasteiger partial charge in [-0.05, 0) is 43.5 Å². The van der Waals surface area contributed by atoms with Crippen molar-refractivity contribution >= 4 is 11.6 Å². The van der Waals surface area contributed by atoms with Crippen LogP contribution < -0.4 is 0 Å². The second-order valence-electron chi connectivity index (χ2n) is 5.98. The summed E-state index contributed by atoms with van der Waals surface area (Å²) in [5, 5.41) is 16.1. The molecule has 1 aromatic carbocycles. The van der Waals surface area contributed by atoms with E-state index in [2.05, 4.69) is 23.0 Å². The van der Waals surface area contributed by atoms with Gasteiger partial charge in [0, 0.05) is 37.4 Å². The van der Waals surface area contributed by atoms with Crippen molar-refractivity contribution in [1.82, 2.24) is 14.7 Å². The van der Waals surface area contributed by atoms with E-state index in [1.165, 1.54) is 0 Å². The topological polar surface area (TPSA) is 41.3 Å².